The van der Waals surface area contributed by atoms with Crippen molar-refractivity contribution >= 4 is 17.2 Å². The minimum Gasteiger partial charge on any atom is -0.497 e. The molecule has 134 valence electrons. The summed E-state index contributed by atoms with van der Waals surface area (Å²) in [6.07, 6.45) is 1.73. The summed E-state index contributed by atoms with van der Waals surface area (Å²) >= 11 is 1.30. The van der Waals surface area contributed by atoms with E-state index in [-0.39, 0.29) is 5.69 Å². The number of nitro groups is 1. The van der Waals surface area contributed by atoms with Crippen LogP contribution in [0.3, 0.4) is 0 Å². The second-order valence-electron chi connectivity index (χ2n) is 5.28. The summed E-state index contributed by atoms with van der Waals surface area (Å²) in [5, 5.41) is 10.9. The van der Waals surface area contributed by atoms with Crippen LogP contribution in [0.2, 0.25) is 0 Å². The first-order valence-electron chi connectivity index (χ1n) is 7.59. The van der Waals surface area contributed by atoms with Crippen LogP contribution in [0.25, 0.3) is 21.6 Å². The normalized spacial score (nSPS) is 10.4. The summed E-state index contributed by atoms with van der Waals surface area (Å²) in [4.78, 5) is 11.3. The molecule has 0 fully saturated rings. The molecule has 0 N–H and O–H groups in total. The van der Waals surface area contributed by atoms with Gasteiger partial charge in [-0.1, -0.05) is 0 Å². The van der Waals surface area contributed by atoms with Gasteiger partial charge in [0.15, 0.2) is 11.5 Å². The van der Waals surface area contributed by atoms with Crippen LogP contribution in [0, 0.1) is 10.1 Å². The molecule has 26 heavy (non-hydrogen) atoms. The van der Waals surface area contributed by atoms with Gasteiger partial charge in [-0.2, -0.15) is 4.37 Å². The zero-order valence-electron chi connectivity index (χ0n) is 14.4. The van der Waals surface area contributed by atoms with Crippen LogP contribution >= 0.6 is 11.5 Å². The van der Waals surface area contributed by atoms with E-state index in [1.54, 1.807) is 45.7 Å². The molecule has 0 bridgehead atoms. The number of ether oxygens (including phenoxy) is 3. The van der Waals surface area contributed by atoms with E-state index in [1.165, 1.54) is 23.7 Å². The Morgan fingerprint density at radius 2 is 1.73 bits per heavy atom. The van der Waals surface area contributed by atoms with Crippen molar-refractivity contribution in [3.05, 3.63) is 52.7 Å². The molecule has 0 amide bonds. The summed E-state index contributed by atoms with van der Waals surface area (Å²) in [6.45, 7) is 0. The van der Waals surface area contributed by atoms with Crippen LogP contribution in [0.15, 0.2) is 42.6 Å². The quantitative estimate of drug-likeness (QED) is 0.471. The maximum atomic E-state index is 10.9. The summed E-state index contributed by atoms with van der Waals surface area (Å²) < 4.78 is 20.6. The Kier molecular flexibility index (Phi) is 5.04. The number of hydrogen-bond donors (Lipinski definition) is 0. The Labute approximate surface area is 154 Å². The van der Waals surface area contributed by atoms with Crippen LogP contribution in [0.1, 0.15) is 0 Å². The highest BCUT2D eigenvalue weighted by atomic mass is 32.1. The summed E-state index contributed by atoms with van der Waals surface area (Å²) in [5.41, 5.74) is 2.49. The predicted octanol–water partition coefficient (Wildman–Crippen LogP) is 4.41. The highest BCUT2D eigenvalue weighted by molar-refractivity contribution is 7.10. The molecule has 3 aromatic rings. The van der Waals surface area contributed by atoms with Crippen molar-refractivity contribution in [3.8, 4) is 38.8 Å². The van der Waals surface area contributed by atoms with E-state index in [1.807, 2.05) is 6.07 Å². The standard InChI is InChI=1S/C18H16N2O5S/c1-23-13-8-14(17(25-3)16(9-13)24-2)18-15(10-19-26-18)11-4-6-12(7-5-11)20(21)22/h4-10H,1-3H3. The fourth-order valence-corrected chi connectivity index (χ4v) is 3.41. The number of non-ortho nitro benzene ring substituents is 1. The van der Waals surface area contributed by atoms with Crippen molar-refractivity contribution in [2.45, 2.75) is 0 Å². The number of benzene rings is 2. The predicted molar refractivity (Wildman–Crippen MR) is 99.3 cm³/mol. The van der Waals surface area contributed by atoms with Gasteiger partial charge in [0, 0.05) is 35.5 Å². The Balaban J connectivity index is 2.15. The molecule has 0 unspecified atom stereocenters. The summed E-state index contributed by atoms with van der Waals surface area (Å²) in [5.74, 6) is 1.74. The molecule has 0 atom stereocenters. The van der Waals surface area contributed by atoms with Crippen molar-refractivity contribution in [1.29, 1.82) is 0 Å². The van der Waals surface area contributed by atoms with Gasteiger partial charge in [0.25, 0.3) is 5.69 Å². The highest BCUT2D eigenvalue weighted by Gasteiger charge is 2.20. The molecule has 2 aromatic carbocycles. The van der Waals surface area contributed by atoms with E-state index in [0.717, 1.165) is 21.6 Å². The van der Waals surface area contributed by atoms with Crippen molar-refractivity contribution in [2.75, 3.05) is 21.3 Å². The second-order valence-corrected chi connectivity index (χ2v) is 6.08. The lowest BCUT2D eigenvalue weighted by atomic mass is 10.0. The first-order chi connectivity index (χ1) is 12.6. The lowest BCUT2D eigenvalue weighted by Gasteiger charge is -2.14. The van der Waals surface area contributed by atoms with Crippen LogP contribution < -0.4 is 14.2 Å². The molecule has 0 aliphatic rings. The number of aromatic nitrogens is 1. The molecule has 7 nitrogen and oxygen atoms in total. The Bertz CT molecular complexity index is 937. The number of hydrogen-bond acceptors (Lipinski definition) is 7. The van der Waals surface area contributed by atoms with Gasteiger partial charge in [0.2, 0.25) is 0 Å². The number of nitrogens with zero attached hydrogens (tertiary/aromatic N) is 2. The average molecular weight is 372 g/mol. The van der Waals surface area contributed by atoms with Gasteiger partial charge in [0.05, 0.1) is 31.1 Å². The Morgan fingerprint density at radius 1 is 1.00 bits per heavy atom. The van der Waals surface area contributed by atoms with Gasteiger partial charge in [-0.25, -0.2) is 0 Å². The van der Waals surface area contributed by atoms with Crippen LogP contribution in [-0.4, -0.2) is 30.6 Å². The third-order valence-electron chi connectivity index (χ3n) is 3.89. The summed E-state index contributed by atoms with van der Waals surface area (Å²) in [7, 11) is 4.71. The molecule has 8 heteroatoms. The first kappa shape index (κ1) is 17.7. The lowest BCUT2D eigenvalue weighted by molar-refractivity contribution is -0.384. The van der Waals surface area contributed by atoms with Crippen molar-refractivity contribution in [2.24, 2.45) is 0 Å². The fourth-order valence-electron chi connectivity index (χ4n) is 2.63. The molecular formula is C18H16N2O5S. The minimum atomic E-state index is -0.424. The van der Waals surface area contributed by atoms with E-state index in [4.69, 9.17) is 14.2 Å². The van der Waals surface area contributed by atoms with Crippen molar-refractivity contribution < 1.29 is 19.1 Å². The Morgan fingerprint density at radius 3 is 2.31 bits per heavy atom. The van der Waals surface area contributed by atoms with Gasteiger partial charge in [-0.15, -0.1) is 0 Å². The van der Waals surface area contributed by atoms with E-state index >= 15 is 0 Å². The number of rotatable bonds is 6. The molecule has 0 saturated carbocycles. The van der Waals surface area contributed by atoms with Gasteiger partial charge in [-0.05, 0) is 35.3 Å². The van der Waals surface area contributed by atoms with Crippen molar-refractivity contribution in [1.82, 2.24) is 4.37 Å². The van der Waals surface area contributed by atoms with Crippen molar-refractivity contribution in [3.63, 3.8) is 0 Å². The minimum absolute atomic E-state index is 0.0409. The number of methoxy groups -OCH3 is 3. The number of nitro benzene ring substituents is 1. The van der Waals surface area contributed by atoms with Crippen LogP contribution in [-0.2, 0) is 0 Å². The van der Waals surface area contributed by atoms with E-state index < -0.39 is 4.92 Å². The largest absolute Gasteiger partial charge is 0.497 e. The molecule has 1 heterocycles. The molecule has 1 aromatic heterocycles. The first-order valence-corrected chi connectivity index (χ1v) is 8.36. The molecule has 0 spiro atoms. The van der Waals surface area contributed by atoms with Crippen LogP contribution in [0.5, 0.6) is 17.2 Å². The third kappa shape index (κ3) is 3.18. The third-order valence-corrected chi connectivity index (χ3v) is 4.73. The SMILES string of the molecule is COc1cc(OC)c(OC)c(-c2sncc2-c2ccc([N+](=O)[O-])cc2)c1. The fraction of sp³-hybridized carbons (Fsp3) is 0.167. The maximum absolute atomic E-state index is 10.9. The highest BCUT2D eigenvalue weighted by Crippen LogP contribution is 2.46. The zero-order valence-corrected chi connectivity index (χ0v) is 15.2. The van der Waals surface area contributed by atoms with E-state index in [0.29, 0.717) is 17.2 Å². The smallest absolute Gasteiger partial charge is 0.269 e. The Hall–Kier alpha value is -3.13. The van der Waals surface area contributed by atoms with Crippen LogP contribution in [0.4, 0.5) is 5.69 Å². The van der Waals surface area contributed by atoms with E-state index in [2.05, 4.69) is 4.37 Å². The van der Waals surface area contributed by atoms with Gasteiger partial charge < -0.3 is 14.2 Å². The monoisotopic (exact) mass is 372 g/mol. The second kappa shape index (κ2) is 7.40. The summed E-state index contributed by atoms with van der Waals surface area (Å²) in [6, 6.07) is 9.95. The zero-order chi connectivity index (χ0) is 18.7. The lowest BCUT2D eigenvalue weighted by Crippen LogP contribution is -1.95. The molecule has 0 saturated heterocycles. The van der Waals surface area contributed by atoms with Gasteiger partial charge >= 0.3 is 0 Å². The molecule has 0 aliphatic carbocycles. The molecular weight excluding hydrogens is 356 g/mol. The van der Waals surface area contributed by atoms with E-state index in [9.17, 15) is 10.1 Å². The maximum Gasteiger partial charge on any atom is 0.269 e. The molecule has 0 radical (unpaired) electrons. The topological polar surface area (TPSA) is 83.7 Å². The molecule has 0 aliphatic heterocycles. The van der Waals surface area contributed by atoms with Gasteiger partial charge in [-0.3, -0.25) is 10.1 Å². The molecule has 3 rings (SSSR count). The average Bonchev–Trinajstić information content (AvgIpc) is 3.16. The van der Waals surface area contributed by atoms with Gasteiger partial charge in [0.1, 0.15) is 5.75 Å².